The van der Waals surface area contributed by atoms with Crippen molar-refractivity contribution in [3.63, 3.8) is 0 Å². The molecule has 2 saturated heterocycles. The summed E-state index contributed by atoms with van der Waals surface area (Å²) in [6.07, 6.45) is 1.14. The maximum Gasteiger partial charge on any atom is 0.228 e. The first-order valence-electron chi connectivity index (χ1n) is 6.46. The molecule has 3 nitrogen and oxygen atoms in total. The topological polar surface area (TPSA) is 32.3 Å². The molecular formula is C13H24N2O. The van der Waals surface area contributed by atoms with E-state index in [-0.39, 0.29) is 5.41 Å². The number of piperidine rings is 1. The fourth-order valence-corrected chi connectivity index (χ4v) is 3.30. The van der Waals surface area contributed by atoms with Crippen LogP contribution in [0.4, 0.5) is 0 Å². The van der Waals surface area contributed by atoms with E-state index in [0.29, 0.717) is 23.8 Å². The van der Waals surface area contributed by atoms with E-state index in [0.717, 1.165) is 26.1 Å². The average molecular weight is 224 g/mol. The monoisotopic (exact) mass is 224 g/mol. The van der Waals surface area contributed by atoms with Gasteiger partial charge >= 0.3 is 0 Å². The standard InChI is InChI=1S/C13H24N2O/c1-9(2)8-15-11-7-14-6-5-10(11)13(3,4)12(15)16/h9-11,14H,5-8H2,1-4H3. The average Bonchev–Trinajstić information content (AvgIpc) is 2.41. The number of rotatable bonds is 2. The van der Waals surface area contributed by atoms with Gasteiger partial charge in [-0.1, -0.05) is 27.7 Å². The number of carbonyl (C=O) groups is 1. The molecule has 2 aliphatic rings. The Labute approximate surface area is 98.6 Å². The maximum absolute atomic E-state index is 12.4. The second-order valence-electron chi connectivity index (χ2n) is 6.24. The van der Waals surface area contributed by atoms with E-state index in [1.165, 1.54) is 0 Å². The van der Waals surface area contributed by atoms with Crippen LogP contribution in [0.3, 0.4) is 0 Å². The molecule has 0 spiro atoms. The summed E-state index contributed by atoms with van der Waals surface area (Å²) in [5.41, 5.74) is -0.151. The number of likely N-dealkylation sites (tertiary alicyclic amines) is 1. The van der Waals surface area contributed by atoms with Gasteiger partial charge in [-0.15, -0.1) is 0 Å². The van der Waals surface area contributed by atoms with Crippen molar-refractivity contribution in [1.29, 1.82) is 0 Å². The molecule has 0 aromatic rings. The van der Waals surface area contributed by atoms with Crippen molar-refractivity contribution in [1.82, 2.24) is 10.2 Å². The summed E-state index contributed by atoms with van der Waals surface area (Å²) in [5.74, 6) is 1.46. The Balaban J connectivity index is 2.22. The number of amides is 1. The number of hydrogen-bond donors (Lipinski definition) is 1. The Hall–Kier alpha value is -0.570. The van der Waals surface area contributed by atoms with Crippen LogP contribution < -0.4 is 5.32 Å². The van der Waals surface area contributed by atoms with Gasteiger partial charge in [0.1, 0.15) is 0 Å². The molecule has 0 bridgehead atoms. The third kappa shape index (κ3) is 1.75. The molecule has 0 radical (unpaired) electrons. The third-order valence-corrected chi connectivity index (χ3v) is 4.15. The lowest BCUT2D eigenvalue weighted by molar-refractivity contribution is -0.136. The second-order valence-corrected chi connectivity index (χ2v) is 6.24. The summed E-state index contributed by atoms with van der Waals surface area (Å²) in [7, 11) is 0. The number of hydrogen-bond acceptors (Lipinski definition) is 2. The van der Waals surface area contributed by atoms with Crippen molar-refractivity contribution in [2.45, 2.75) is 40.2 Å². The zero-order valence-corrected chi connectivity index (χ0v) is 10.9. The molecule has 2 rings (SSSR count). The Kier molecular flexibility index (Phi) is 2.99. The highest BCUT2D eigenvalue weighted by atomic mass is 16.2. The minimum atomic E-state index is -0.151. The summed E-state index contributed by atoms with van der Waals surface area (Å²) in [6.45, 7) is 11.6. The first-order valence-corrected chi connectivity index (χ1v) is 6.46. The molecule has 0 aromatic heterocycles. The fraction of sp³-hybridized carbons (Fsp3) is 0.923. The Morgan fingerprint density at radius 2 is 2.19 bits per heavy atom. The van der Waals surface area contributed by atoms with E-state index in [1.807, 2.05) is 0 Å². The van der Waals surface area contributed by atoms with Crippen LogP contribution >= 0.6 is 0 Å². The lowest BCUT2D eigenvalue weighted by atomic mass is 9.75. The van der Waals surface area contributed by atoms with E-state index in [9.17, 15) is 4.79 Å². The molecule has 0 saturated carbocycles. The van der Waals surface area contributed by atoms with Crippen molar-refractivity contribution in [2.75, 3.05) is 19.6 Å². The minimum Gasteiger partial charge on any atom is -0.337 e. The Bertz CT molecular complexity index is 286. The third-order valence-electron chi connectivity index (χ3n) is 4.15. The van der Waals surface area contributed by atoms with Crippen LogP contribution in [0, 0.1) is 17.3 Å². The van der Waals surface area contributed by atoms with Crippen LogP contribution in [0.5, 0.6) is 0 Å². The van der Waals surface area contributed by atoms with Gasteiger partial charge in [0.2, 0.25) is 5.91 Å². The summed E-state index contributed by atoms with van der Waals surface area (Å²) in [6, 6.07) is 0.429. The SMILES string of the molecule is CC(C)CN1C(=O)C(C)(C)C2CCNCC21. The number of carbonyl (C=O) groups excluding carboxylic acids is 1. The maximum atomic E-state index is 12.4. The van der Waals surface area contributed by atoms with Crippen LogP contribution in [0.1, 0.15) is 34.1 Å². The van der Waals surface area contributed by atoms with Crippen LogP contribution in [0.25, 0.3) is 0 Å². The van der Waals surface area contributed by atoms with Gasteiger partial charge in [0, 0.05) is 24.5 Å². The molecule has 16 heavy (non-hydrogen) atoms. The Morgan fingerprint density at radius 3 is 2.81 bits per heavy atom. The molecule has 0 aliphatic carbocycles. The number of nitrogens with zero attached hydrogens (tertiary/aromatic N) is 1. The van der Waals surface area contributed by atoms with Gasteiger partial charge in [-0.05, 0) is 24.8 Å². The van der Waals surface area contributed by atoms with E-state index < -0.39 is 0 Å². The first kappa shape index (κ1) is 11.9. The normalized spacial score (nSPS) is 33.3. The van der Waals surface area contributed by atoms with Crippen LogP contribution in [0.15, 0.2) is 0 Å². The van der Waals surface area contributed by atoms with E-state index in [1.54, 1.807) is 0 Å². The Morgan fingerprint density at radius 1 is 1.50 bits per heavy atom. The predicted molar refractivity (Wildman–Crippen MR) is 65.1 cm³/mol. The van der Waals surface area contributed by atoms with Crippen LogP contribution in [-0.4, -0.2) is 36.5 Å². The van der Waals surface area contributed by atoms with E-state index in [2.05, 4.69) is 37.9 Å². The molecule has 92 valence electrons. The van der Waals surface area contributed by atoms with Gasteiger partial charge < -0.3 is 10.2 Å². The van der Waals surface area contributed by atoms with Gasteiger partial charge in [0.15, 0.2) is 0 Å². The molecule has 1 amide bonds. The molecule has 2 heterocycles. The summed E-state index contributed by atoms with van der Waals surface area (Å²) in [4.78, 5) is 14.6. The lowest BCUT2D eigenvalue weighted by Crippen LogP contribution is -2.47. The second kappa shape index (κ2) is 4.02. The summed E-state index contributed by atoms with van der Waals surface area (Å²) < 4.78 is 0. The van der Waals surface area contributed by atoms with Gasteiger partial charge in [-0.2, -0.15) is 0 Å². The molecule has 2 aliphatic heterocycles. The molecule has 2 atom stereocenters. The largest absolute Gasteiger partial charge is 0.337 e. The number of nitrogens with one attached hydrogen (secondary N) is 1. The molecule has 2 unspecified atom stereocenters. The molecule has 2 fully saturated rings. The van der Waals surface area contributed by atoms with E-state index >= 15 is 0 Å². The predicted octanol–water partition coefficient (Wildman–Crippen LogP) is 1.49. The van der Waals surface area contributed by atoms with Gasteiger partial charge in [0.25, 0.3) is 0 Å². The van der Waals surface area contributed by atoms with Crippen LogP contribution in [0.2, 0.25) is 0 Å². The molecule has 0 aromatic carbocycles. The van der Waals surface area contributed by atoms with Crippen molar-refractivity contribution >= 4 is 5.91 Å². The number of fused-ring (bicyclic) bond motifs is 1. The van der Waals surface area contributed by atoms with Crippen LogP contribution in [-0.2, 0) is 4.79 Å². The quantitative estimate of drug-likeness (QED) is 0.770. The van der Waals surface area contributed by atoms with Gasteiger partial charge in [-0.25, -0.2) is 0 Å². The van der Waals surface area contributed by atoms with Crippen molar-refractivity contribution in [2.24, 2.45) is 17.3 Å². The highest BCUT2D eigenvalue weighted by Gasteiger charge is 2.53. The zero-order valence-electron chi connectivity index (χ0n) is 10.9. The minimum absolute atomic E-state index is 0.151. The van der Waals surface area contributed by atoms with Crippen molar-refractivity contribution in [3.05, 3.63) is 0 Å². The smallest absolute Gasteiger partial charge is 0.228 e. The molecule has 1 N–H and O–H groups in total. The van der Waals surface area contributed by atoms with Crippen molar-refractivity contribution < 1.29 is 4.79 Å². The first-order chi connectivity index (χ1) is 7.44. The van der Waals surface area contributed by atoms with Gasteiger partial charge in [-0.3, -0.25) is 4.79 Å². The molecule has 3 heteroatoms. The molecular weight excluding hydrogens is 200 g/mol. The van der Waals surface area contributed by atoms with Crippen molar-refractivity contribution in [3.8, 4) is 0 Å². The highest BCUT2D eigenvalue weighted by molar-refractivity contribution is 5.85. The van der Waals surface area contributed by atoms with Gasteiger partial charge in [0.05, 0.1) is 0 Å². The zero-order chi connectivity index (χ0) is 11.9. The summed E-state index contributed by atoms with van der Waals surface area (Å²) in [5, 5.41) is 3.42. The highest BCUT2D eigenvalue weighted by Crippen LogP contribution is 2.44. The lowest BCUT2D eigenvalue weighted by Gasteiger charge is -2.34. The fourth-order valence-electron chi connectivity index (χ4n) is 3.30. The van der Waals surface area contributed by atoms with E-state index in [4.69, 9.17) is 0 Å². The summed E-state index contributed by atoms with van der Waals surface area (Å²) >= 11 is 0.